The molecule has 1 unspecified atom stereocenters. The van der Waals surface area contributed by atoms with Crippen LogP contribution in [0.2, 0.25) is 0 Å². The van der Waals surface area contributed by atoms with Crippen molar-refractivity contribution in [3.63, 3.8) is 0 Å². The fraction of sp³-hybridized carbons (Fsp3) is 0.267. The van der Waals surface area contributed by atoms with Crippen LogP contribution in [0.4, 0.5) is 0 Å². The van der Waals surface area contributed by atoms with E-state index in [4.69, 9.17) is 9.25 Å². The molecule has 1 amide bonds. The maximum atomic E-state index is 12.1. The van der Waals surface area contributed by atoms with E-state index in [1.54, 1.807) is 6.26 Å². The van der Waals surface area contributed by atoms with Crippen LogP contribution in [0.5, 0.6) is 0 Å². The molecule has 1 heterocycles. The van der Waals surface area contributed by atoms with E-state index in [0.29, 0.717) is 6.42 Å². The summed E-state index contributed by atoms with van der Waals surface area (Å²) in [4.78, 5) is 16.8. The lowest BCUT2D eigenvalue weighted by Gasteiger charge is -2.15. The molecular formula is C15H17NO3. The van der Waals surface area contributed by atoms with Crippen molar-refractivity contribution >= 4 is 5.91 Å². The van der Waals surface area contributed by atoms with Gasteiger partial charge < -0.3 is 4.42 Å². The number of amides is 1. The predicted octanol–water partition coefficient (Wildman–Crippen LogP) is 2.59. The summed E-state index contributed by atoms with van der Waals surface area (Å²) >= 11 is 0. The minimum absolute atomic E-state index is 0.178. The van der Waals surface area contributed by atoms with Crippen molar-refractivity contribution in [2.75, 3.05) is 7.11 Å². The lowest BCUT2D eigenvalue weighted by Crippen LogP contribution is -2.29. The molecule has 0 radical (unpaired) electrons. The fourth-order valence-electron chi connectivity index (χ4n) is 1.96. The van der Waals surface area contributed by atoms with Crippen molar-refractivity contribution < 1.29 is 14.0 Å². The zero-order valence-corrected chi connectivity index (χ0v) is 11.1. The molecule has 4 heteroatoms. The van der Waals surface area contributed by atoms with E-state index in [0.717, 1.165) is 16.9 Å². The summed E-state index contributed by atoms with van der Waals surface area (Å²) in [7, 11) is 1.43. The minimum Gasteiger partial charge on any atom is -0.469 e. The van der Waals surface area contributed by atoms with Crippen LogP contribution in [-0.4, -0.2) is 13.0 Å². The average molecular weight is 259 g/mol. The molecular weight excluding hydrogens is 242 g/mol. The van der Waals surface area contributed by atoms with Crippen molar-refractivity contribution in [2.45, 2.75) is 19.3 Å². The monoisotopic (exact) mass is 259 g/mol. The second-order valence-corrected chi connectivity index (χ2v) is 4.42. The molecule has 1 aromatic carbocycles. The number of rotatable bonds is 5. The molecule has 2 rings (SSSR count). The van der Waals surface area contributed by atoms with E-state index in [1.807, 2.05) is 43.3 Å². The Hall–Kier alpha value is -2.07. The Morgan fingerprint density at radius 2 is 2.05 bits per heavy atom. The van der Waals surface area contributed by atoms with Gasteiger partial charge in [-0.2, -0.15) is 0 Å². The normalized spacial score (nSPS) is 12.1. The molecule has 1 aromatic heterocycles. The van der Waals surface area contributed by atoms with Crippen molar-refractivity contribution in [1.29, 1.82) is 0 Å². The smallest absolute Gasteiger partial charge is 0.251 e. The number of nitrogens with one attached hydrogen (secondary N) is 1. The maximum Gasteiger partial charge on any atom is 0.251 e. The highest BCUT2D eigenvalue weighted by Gasteiger charge is 2.22. The van der Waals surface area contributed by atoms with Crippen LogP contribution < -0.4 is 5.48 Å². The Balaban J connectivity index is 2.23. The van der Waals surface area contributed by atoms with Gasteiger partial charge in [0.15, 0.2) is 0 Å². The SMILES string of the molecule is CONC(=O)C(Cc1ccco1)c1ccc(C)cc1. The van der Waals surface area contributed by atoms with Gasteiger partial charge in [-0.1, -0.05) is 29.8 Å². The molecule has 0 aliphatic heterocycles. The van der Waals surface area contributed by atoms with Gasteiger partial charge >= 0.3 is 0 Å². The molecule has 1 N–H and O–H groups in total. The zero-order chi connectivity index (χ0) is 13.7. The van der Waals surface area contributed by atoms with E-state index < -0.39 is 0 Å². The maximum absolute atomic E-state index is 12.1. The molecule has 1 atom stereocenters. The molecule has 0 bridgehead atoms. The van der Waals surface area contributed by atoms with Crippen LogP contribution in [0.25, 0.3) is 0 Å². The Bertz CT molecular complexity index is 517. The van der Waals surface area contributed by atoms with Crippen LogP contribution in [0.1, 0.15) is 22.8 Å². The number of aryl methyl sites for hydroxylation is 1. The van der Waals surface area contributed by atoms with E-state index in [1.165, 1.54) is 7.11 Å². The third kappa shape index (κ3) is 3.45. The van der Waals surface area contributed by atoms with E-state index in [9.17, 15) is 4.79 Å². The third-order valence-corrected chi connectivity index (χ3v) is 2.98. The molecule has 4 nitrogen and oxygen atoms in total. The summed E-state index contributed by atoms with van der Waals surface area (Å²) in [5.74, 6) is 0.270. The Labute approximate surface area is 112 Å². The van der Waals surface area contributed by atoms with Crippen molar-refractivity contribution in [2.24, 2.45) is 0 Å². The number of hydroxylamine groups is 1. The van der Waals surface area contributed by atoms with Crippen molar-refractivity contribution in [3.05, 3.63) is 59.5 Å². The highest BCUT2D eigenvalue weighted by molar-refractivity contribution is 5.83. The Kier molecular flexibility index (Phi) is 4.36. The Morgan fingerprint density at radius 1 is 1.32 bits per heavy atom. The number of hydrogen-bond donors (Lipinski definition) is 1. The summed E-state index contributed by atoms with van der Waals surface area (Å²) in [6, 6.07) is 11.6. The average Bonchev–Trinajstić information content (AvgIpc) is 2.90. The summed E-state index contributed by atoms with van der Waals surface area (Å²) in [5.41, 5.74) is 4.49. The summed E-state index contributed by atoms with van der Waals surface area (Å²) in [5, 5.41) is 0. The van der Waals surface area contributed by atoms with E-state index in [2.05, 4.69) is 5.48 Å². The molecule has 0 saturated carbocycles. The van der Waals surface area contributed by atoms with Gasteiger partial charge in [0.2, 0.25) is 0 Å². The summed E-state index contributed by atoms with van der Waals surface area (Å²) < 4.78 is 5.32. The number of carbonyl (C=O) groups is 1. The molecule has 2 aromatic rings. The van der Waals surface area contributed by atoms with Gasteiger partial charge in [0, 0.05) is 6.42 Å². The van der Waals surface area contributed by atoms with E-state index >= 15 is 0 Å². The van der Waals surface area contributed by atoms with Crippen molar-refractivity contribution in [3.8, 4) is 0 Å². The molecule has 0 aliphatic rings. The highest BCUT2D eigenvalue weighted by Crippen LogP contribution is 2.22. The number of carbonyl (C=O) groups excluding carboxylic acids is 1. The number of benzene rings is 1. The third-order valence-electron chi connectivity index (χ3n) is 2.98. The molecule has 19 heavy (non-hydrogen) atoms. The summed E-state index contributed by atoms with van der Waals surface area (Å²) in [6.45, 7) is 2.01. The van der Waals surface area contributed by atoms with Crippen LogP contribution in [0.15, 0.2) is 47.1 Å². The van der Waals surface area contributed by atoms with Crippen LogP contribution >= 0.6 is 0 Å². The van der Waals surface area contributed by atoms with Crippen LogP contribution in [0.3, 0.4) is 0 Å². The van der Waals surface area contributed by atoms with Gasteiger partial charge in [0.1, 0.15) is 5.76 Å². The first-order valence-electron chi connectivity index (χ1n) is 6.12. The minimum atomic E-state index is -0.327. The van der Waals surface area contributed by atoms with E-state index in [-0.39, 0.29) is 11.8 Å². The predicted molar refractivity (Wildman–Crippen MR) is 71.5 cm³/mol. The molecule has 0 spiro atoms. The standard InChI is InChI=1S/C15H17NO3/c1-11-5-7-12(8-6-11)14(15(17)16-18-2)10-13-4-3-9-19-13/h3-9,14H,10H2,1-2H3,(H,16,17). The highest BCUT2D eigenvalue weighted by atomic mass is 16.6. The van der Waals surface area contributed by atoms with Gasteiger partial charge in [-0.15, -0.1) is 0 Å². The molecule has 0 aliphatic carbocycles. The largest absolute Gasteiger partial charge is 0.469 e. The number of hydrogen-bond acceptors (Lipinski definition) is 3. The van der Waals surface area contributed by atoms with Gasteiger partial charge in [0.05, 0.1) is 19.3 Å². The van der Waals surface area contributed by atoms with Crippen molar-refractivity contribution in [1.82, 2.24) is 5.48 Å². The quantitative estimate of drug-likeness (QED) is 0.840. The lowest BCUT2D eigenvalue weighted by molar-refractivity contribution is -0.133. The summed E-state index contributed by atoms with van der Waals surface area (Å²) in [6.07, 6.45) is 2.11. The Morgan fingerprint density at radius 3 is 2.63 bits per heavy atom. The second kappa shape index (κ2) is 6.20. The first kappa shape index (κ1) is 13.4. The molecule has 100 valence electrons. The zero-order valence-electron chi connectivity index (χ0n) is 11.1. The van der Waals surface area contributed by atoms with Gasteiger partial charge in [-0.25, -0.2) is 5.48 Å². The lowest BCUT2D eigenvalue weighted by atomic mass is 9.93. The van der Waals surface area contributed by atoms with Crippen LogP contribution in [0, 0.1) is 6.92 Å². The first-order valence-corrected chi connectivity index (χ1v) is 6.12. The first-order chi connectivity index (χ1) is 9.20. The topological polar surface area (TPSA) is 51.5 Å². The number of furan rings is 1. The van der Waals surface area contributed by atoms with Gasteiger partial charge in [-0.05, 0) is 24.6 Å². The molecule has 0 fully saturated rings. The van der Waals surface area contributed by atoms with Gasteiger partial charge in [0.25, 0.3) is 5.91 Å². The molecule has 0 saturated heterocycles. The fourth-order valence-corrected chi connectivity index (χ4v) is 1.96. The van der Waals surface area contributed by atoms with Gasteiger partial charge in [-0.3, -0.25) is 9.63 Å². The second-order valence-electron chi connectivity index (χ2n) is 4.42. The van der Waals surface area contributed by atoms with Crippen LogP contribution in [-0.2, 0) is 16.1 Å².